The molecule has 7 nitrogen and oxygen atoms in total. The Labute approximate surface area is 215 Å². The lowest BCUT2D eigenvalue weighted by atomic mass is 9.80. The maximum atomic E-state index is 13.9. The van der Waals surface area contributed by atoms with Gasteiger partial charge in [0.1, 0.15) is 5.97 Å². The van der Waals surface area contributed by atoms with E-state index in [1.807, 2.05) is 13.8 Å². The van der Waals surface area contributed by atoms with Crippen molar-refractivity contribution >= 4 is 17.9 Å². The Morgan fingerprint density at radius 3 is 1.97 bits per heavy atom. The third kappa shape index (κ3) is 5.52. The topological polar surface area (TPSA) is 102 Å². The van der Waals surface area contributed by atoms with Crippen LogP contribution in [0.3, 0.4) is 0 Å². The van der Waals surface area contributed by atoms with Crippen LogP contribution in [-0.2, 0) is 19.0 Å². The van der Waals surface area contributed by atoms with Crippen molar-refractivity contribution in [3.05, 3.63) is 35.4 Å². The van der Waals surface area contributed by atoms with Gasteiger partial charge in [0.2, 0.25) is 6.29 Å². The van der Waals surface area contributed by atoms with Crippen LogP contribution in [0.2, 0.25) is 0 Å². The number of fused-ring (bicyclic) bond motifs is 5. The van der Waals surface area contributed by atoms with E-state index in [1.165, 1.54) is 63.8 Å². The molecule has 7 unspecified atom stereocenters. The molecule has 2 bridgehead atoms. The Kier molecular flexibility index (Phi) is 7.93. The first-order valence-corrected chi connectivity index (χ1v) is 13.2. The van der Waals surface area contributed by atoms with E-state index in [9.17, 15) is 28.3 Å². The highest BCUT2D eigenvalue weighted by Crippen LogP contribution is 2.59. The summed E-state index contributed by atoms with van der Waals surface area (Å²) >= 11 is 0. The predicted molar refractivity (Wildman–Crippen MR) is 126 cm³/mol. The highest BCUT2D eigenvalue weighted by atomic mass is 19.3. The maximum Gasteiger partial charge on any atom is 0.340 e. The summed E-state index contributed by atoms with van der Waals surface area (Å²) < 4.78 is 44.7. The lowest BCUT2D eigenvalue weighted by molar-refractivity contribution is -0.337. The van der Waals surface area contributed by atoms with Gasteiger partial charge in [-0.3, -0.25) is 0 Å². The van der Waals surface area contributed by atoms with Crippen LogP contribution >= 0.6 is 0 Å². The van der Waals surface area contributed by atoms with E-state index in [1.54, 1.807) is 0 Å². The Morgan fingerprint density at radius 1 is 0.865 bits per heavy atom. The van der Waals surface area contributed by atoms with E-state index in [4.69, 9.17) is 14.2 Å². The molecule has 0 heterocycles. The van der Waals surface area contributed by atoms with Gasteiger partial charge in [0.25, 0.3) is 0 Å². The number of benzene rings is 1. The number of rotatable bonds is 10. The number of halogens is 2. The molecule has 3 aliphatic rings. The molecule has 0 N–H and O–H groups in total. The third-order valence-electron chi connectivity index (χ3n) is 8.27. The normalized spacial score (nSPS) is 28.3. The van der Waals surface area contributed by atoms with Crippen molar-refractivity contribution in [1.29, 1.82) is 0 Å². The standard InChI is InChI=1S/C28H36F2O7/c1-14(2)23(28(29,30)27(33)34)36-24(31)16-8-10-17(11-9-16)25(32)37-26(15(3)4)35-22-13-18-12-21(22)20-7-5-6-19(18)20/h8-11,14-15,18-23,26H,5-7,12-13H2,1-4H3,(H,33,34)/p-1. The first-order chi connectivity index (χ1) is 17.4. The highest BCUT2D eigenvalue weighted by molar-refractivity contribution is 5.93. The summed E-state index contributed by atoms with van der Waals surface area (Å²) in [7, 11) is 0. The molecule has 1 aromatic rings. The zero-order chi connectivity index (χ0) is 27.1. The zero-order valence-electron chi connectivity index (χ0n) is 21.7. The van der Waals surface area contributed by atoms with Gasteiger partial charge in [-0.05, 0) is 79.5 Å². The lowest BCUT2D eigenvalue weighted by Crippen LogP contribution is -2.53. The summed E-state index contributed by atoms with van der Waals surface area (Å²) in [5.41, 5.74) is 0.0520. The van der Waals surface area contributed by atoms with E-state index in [2.05, 4.69) is 0 Å². The minimum Gasteiger partial charge on any atom is -0.544 e. The Morgan fingerprint density at radius 2 is 1.43 bits per heavy atom. The molecule has 0 saturated heterocycles. The average Bonchev–Trinajstić information content (AvgIpc) is 3.55. The van der Waals surface area contributed by atoms with Gasteiger partial charge < -0.3 is 24.1 Å². The van der Waals surface area contributed by atoms with Gasteiger partial charge in [0.05, 0.1) is 17.2 Å². The second kappa shape index (κ2) is 10.7. The number of carbonyl (C=O) groups is 3. The third-order valence-corrected chi connectivity index (χ3v) is 8.27. The molecule has 4 rings (SSSR count). The summed E-state index contributed by atoms with van der Waals surface area (Å²) in [4.78, 5) is 36.1. The van der Waals surface area contributed by atoms with Gasteiger partial charge in [-0.1, -0.05) is 34.1 Å². The molecule has 9 heteroatoms. The number of alkyl halides is 2. The minimum absolute atomic E-state index is 0.0601. The van der Waals surface area contributed by atoms with E-state index in [0.29, 0.717) is 11.8 Å². The van der Waals surface area contributed by atoms with Gasteiger partial charge in [-0.15, -0.1) is 0 Å². The van der Waals surface area contributed by atoms with Gasteiger partial charge >= 0.3 is 17.9 Å². The fourth-order valence-corrected chi connectivity index (χ4v) is 6.50. The molecule has 3 aliphatic carbocycles. The predicted octanol–water partition coefficient (Wildman–Crippen LogP) is 4.23. The van der Waals surface area contributed by atoms with Gasteiger partial charge in [-0.2, -0.15) is 8.78 Å². The average molecular weight is 522 g/mol. The van der Waals surface area contributed by atoms with Crippen molar-refractivity contribution in [1.82, 2.24) is 0 Å². The van der Waals surface area contributed by atoms with Crippen molar-refractivity contribution in [2.45, 2.75) is 84.2 Å². The van der Waals surface area contributed by atoms with Crippen molar-refractivity contribution < 1.29 is 42.5 Å². The number of hydrogen-bond donors (Lipinski definition) is 0. The summed E-state index contributed by atoms with van der Waals surface area (Å²) in [6.07, 6.45) is 3.26. The number of aliphatic carboxylic acids is 1. The lowest BCUT2D eigenvalue weighted by Gasteiger charge is -2.34. The summed E-state index contributed by atoms with van der Waals surface area (Å²) in [5.74, 6) is -6.97. The summed E-state index contributed by atoms with van der Waals surface area (Å²) in [5, 5.41) is 10.8. The molecular formula is C28H35F2O7-. The van der Waals surface area contributed by atoms with Crippen LogP contribution < -0.4 is 5.11 Å². The van der Waals surface area contributed by atoms with Crippen molar-refractivity contribution in [2.75, 3.05) is 0 Å². The van der Waals surface area contributed by atoms with E-state index < -0.39 is 42.1 Å². The SMILES string of the molecule is CC(C)C(OC(=O)c1ccc(C(=O)OC(C(C)C)C(F)(F)C(=O)[O-])cc1)OC1CC2CC1C1CCCC21. The molecule has 0 amide bonds. The van der Waals surface area contributed by atoms with Crippen molar-refractivity contribution in [3.8, 4) is 0 Å². The van der Waals surface area contributed by atoms with E-state index in [-0.39, 0.29) is 23.1 Å². The first-order valence-electron chi connectivity index (χ1n) is 13.2. The smallest absolute Gasteiger partial charge is 0.340 e. The van der Waals surface area contributed by atoms with Crippen LogP contribution in [-0.4, -0.2) is 42.3 Å². The quantitative estimate of drug-likeness (QED) is 0.335. The van der Waals surface area contributed by atoms with E-state index >= 15 is 0 Å². The second-order valence-electron chi connectivity index (χ2n) is 11.4. The molecule has 37 heavy (non-hydrogen) atoms. The molecule has 0 radical (unpaired) electrons. The fourth-order valence-electron chi connectivity index (χ4n) is 6.50. The van der Waals surface area contributed by atoms with Crippen LogP contribution in [0.4, 0.5) is 8.78 Å². The monoisotopic (exact) mass is 521 g/mol. The zero-order valence-corrected chi connectivity index (χ0v) is 21.7. The Bertz CT molecular complexity index is 1010. The maximum absolute atomic E-state index is 13.9. The molecule has 0 aromatic heterocycles. The first kappa shape index (κ1) is 27.5. The molecule has 7 atom stereocenters. The van der Waals surface area contributed by atoms with Gasteiger partial charge in [0.15, 0.2) is 6.10 Å². The van der Waals surface area contributed by atoms with Crippen LogP contribution in [0.5, 0.6) is 0 Å². The van der Waals surface area contributed by atoms with Crippen LogP contribution in [0.1, 0.15) is 80.5 Å². The Hall–Kier alpha value is -2.55. The fraction of sp³-hybridized carbons (Fsp3) is 0.679. The van der Waals surface area contributed by atoms with Crippen LogP contribution in [0.15, 0.2) is 24.3 Å². The number of carboxylic acids is 1. The molecule has 3 fully saturated rings. The van der Waals surface area contributed by atoms with Crippen LogP contribution in [0, 0.1) is 35.5 Å². The summed E-state index contributed by atoms with van der Waals surface area (Å²) in [6.45, 7) is 6.47. The Balaban J connectivity index is 1.37. The van der Waals surface area contributed by atoms with Crippen LogP contribution in [0.25, 0.3) is 0 Å². The number of carboxylic acid groups (broad SMARTS) is 1. The second-order valence-corrected chi connectivity index (χ2v) is 11.4. The molecule has 3 saturated carbocycles. The molecule has 0 aliphatic heterocycles. The molecule has 0 spiro atoms. The number of hydrogen-bond acceptors (Lipinski definition) is 7. The van der Waals surface area contributed by atoms with E-state index in [0.717, 1.165) is 18.3 Å². The minimum atomic E-state index is -4.35. The van der Waals surface area contributed by atoms with Crippen molar-refractivity contribution in [3.63, 3.8) is 0 Å². The number of esters is 2. The molecular weight excluding hydrogens is 486 g/mol. The largest absolute Gasteiger partial charge is 0.544 e. The molecule has 1 aromatic carbocycles. The highest BCUT2D eigenvalue weighted by Gasteiger charge is 2.55. The number of ether oxygens (including phenoxy) is 3. The van der Waals surface area contributed by atoms with Crippen molar-refractivity contribution in [2.24, 2.45) is 35.5 Å². The molecule has 204 valence electrons. The van der Waals surface area contributed by atoms with Gasteiger partial charge in [-0.25, -0.2) is 9.59 Å². The number of carbonyl (C=O) groups excluding carboxylic acids is 3. The summed E-state index contributed by atoms with van der Waals surface area (Å²) in [6, 6.07) is 5.15. The van der Waals surface area contributed by atoms with Gasteiger partial charge in [0, 0.05) is 5.92 Å².